The first-order valence-corrected chi connectivity index (χ1v) is 12.2. The minimum atomic E-state index is 0.690. The molecule has 4 aromatic carbocycles. The van der Waals surface area contributed by atoms with E-state index in [-0.39, 0.29) is 0 Å². The SMILES string of the molecule is c1ccc(-c2cc(-c3ccc4oc5ccccc5c4c3)nc(-c3ccc(-c4ccncc4)cc3)n2)cc1. The van der Waals surface area contributed by atoms with Crippen LogP contribution in [-0.4, -0.2) is 15.0 Å². The number of hydrogen-bond acceptors (Lipinski definition) is 4. The van der Waals surface area contributed by atoms with E-state index >= 15 is 0 Å². The van der Waals surface area contributed by atoms with Crippen molar-refractivity contribution in [1.29, 1.82) is 0 Å². The summed E-state index contributed by atoms with van der Waals surface area (Å²) >= 11 is 0. The van der Waals surface area contributed by atoms with Crippen LogP contribution in [0.3, 0.4) is 0 Å². The normalized spacial score (nSPS) is 11.2. The summed E-state index contributed by atoms with van der Waals surface area (Å²) in [5.41, 5.74) is 8.80. The molecule has 0 unspecified atom stereocenters. The van der Waals surface area contributed by atoms with Gasteiger partial charge in [0.15, 0.2) is 5.82 Å². The molecule has 7 rings (SSSR count). The smallest absolute Gasteiger partial charge is 0.160 e. The molecule has 0 N–H and O–H groups in total. The molecule has 3 aromatic heterocycles. The molecule has 0 fully saturated rings. The standard InChI is InChI=1S/C33H21N3O/c1-2-6-24(7-3-1)29-21-30(26-14-15-32-28(20-26)27-8-4-5-9-31(27)37-32)36-33(35-29)25-12-10-22(11-13-25)23-16-18-34-19-17-23/h1-21H. The van der Waals surface area contributed by atoms with E-state index in [1.807, 2.05) is 67.0 Å². The van der Waals surface area contributed by atoms with Gasteiger partial charge in [-0.2, -0.15) is 0 Å². The number of aromatic nitrogens is 3. The molecule has 7 aromatic rings. The molecule has 0 amide bonds. The number of pyridine rings is 1. The van der Waals surface area contributed by atoms with Crippen molar-refractivity contribution in [2.75, 3.05) is 0 Å². The van der Waals surface area contributed by atoms with Crippen LogP contribution in [0, 0.1) is 0 Å². The van der Waals surface area contributed by atoms with E-state index in [1.54, 1.807) is 0 Å². The molecule has 0 saturated heterocycles. The summed E-state index contributed by atoms with van der Waals surface area (Å²) in [6.45, 7) is 0. The van der Waals surface area contributed by atoms with Crippen LogP contribution < -0.4 is 0 Å². The van der Waals surface area contributed by atoms with Crippen molar-refractivity contribution in [2.24, 2.45) is 0 Å². The highest BCUT2D eigenvalue weighted by Crippen LogP contribution is 2.34. The van der Waals surface area contributed by atoms with Gasteiger partial charge < -0.3 is 4.42 Å². The Morgan fingerprint density at radius 3 is 1.86 bits per heavy atom. The van der Waals surface area contributed by atoms with E-state index < -0.39 is 0 Å². The Hall–Kier alpha value is -5.09. The number of furan rings is 1. The zero-order valence-corrected chi connectivity index (χ0v) is 19.9. The van der Waals surface area contributed by atoms with Crippen molar-refractivity contribution < 1.29 is 4.42 Å². The molecule has 0 aliphatic heterocycles. The van der Waals surface area contributed by atoms with E-state index in [4.69, 9.17) is 14.4 Å². The summed E-state index contributed by atoms with van der Waals surface area (Å²) in [4.78, 5) is 14.1. The molecular formula is C33H21N3O. The molecule has 37 heavy (non-hydrogen) atoms. The maximum absolute atomic E-state index is 6.04. The third kappa shape index (κ3) is 3.95. The number of hydrogen-bond donors (Lipinski definition) is 0. The van der Waals surface area contributed by atoms with Gasteiger partial charge in [-0.05, 0) is 53.6 Å². The fourth-order valence-electron chi connectivity index (χ4n) is 4.72. The molecule has 0 saturated carbocycles. The van der Waals surface area contributed by atoms with E-state index in [2.05, 4.69) is 65.6 Å². The minimum Gasteiger partial charge on any atom is -0.456 e. The molecule has 174 valence electrons. The fourth-order valence-corrected chi connectivity index (χ4v) is 4.72. The Bertz CT molecular complexity index is 1860. The molecular weight excluding hydrogens is 454 g/mol. The van der Waals surface area contributed by atoms with Gasteiger partial charge in [-0.3, -0.25) is 4.98 Å². The van der Waals surface area contributed by atoms with Crippen LogP contribution in [-0.2, 0) is 0 Å². The fraction of sp³-hybridized carbons (Fsp3) is 0. The zero-order chi connectivity index (χ0) is 24.6. The second-order valence-electron chi connectivity index (χ2n) is 8.95. The van der Waals surface area contributed by atoms with Gasteiger partial charge in [-0.15, -0.1) is 0 Å². The average molecular weight is 476 g/mol. The number of fused-ring (bicyclic) bond motifs is 3. The second-order valence-corrected chi connectivity index (χ2v) is 8.95. The highest BCUT2D eigenvalue weighted by molar-refractivity contribution is 6.06. The highest BCUT2D eigenvalue weighted by atomic mass is 16.3. The predicted octanol–water partition coefficient (Wildman–Crippen LogP) is 8.44. The van der Waals surface area contributed by atoms with Crippen molar-refractivity contribution >= 4 is 21.9 Å². The molecule has 4 heteroatoms. The summed E-state index contributed by atoms with van der Waals surface area (Å²) in [7, 11) is 0. The first-order valence-electron chi connectivity index (χ1n) is 12.2. The van der Waals surface area contributed by atoms with Gasteiger partial charge in [0.1, 0.15) is 11.2 Å². The molecule has 0 atom stereocenters. The van der Waals surface area contributed by atoms with Crippen LogP contribution >= 0.6 is 0 Å². The van der Waals surface area contributed by atoms with Crippen molar-refractivity contribution in [3.63, 3.8) is 0 Å². The van der Waals surface area contributed by atoms with Crippen LogP contribution in [0.1, 0.15) is 0 Å². The van der Waals surface area contributed by atoms with Crippen molar-refractivity contribution in [1.82, 2.24) is 15.0 Å². The van der Waals surface area contributed by atoms with Gasteiger partial charge in [-0.1, -0.05) is 72.8 Å². The summed E-state index contributed by atoms with van der Waals surface area (Å²) in [5, 5.41) is 2.18. The van der Waals surface area contributed by atoms with E-state index in [9.17, 15) is 0 Å². The second kappa shape index (κ2) is 8.85. The van der Waals surface area contributed by atoms with E-state index in [0.29, 0.717) is 5.82 Å². The van der Waals surface area contributed by atoms with Crippen LogP contribution in [0.5, 0.6) is 0 Å². The summed E-state index contributed by atoms with van der Waals surface area (Å²) in [6, 6.07) is 39.1. The lowest BCUT2D eigenvalue weighted by Gasteiger charge is -2.10. The molecule has 0 radical (unpaired) electrons. The molecule has 0 bridgehead atoms. The highest BCUT2D eigenvalue weighted by Gasteiger charge is 2.13. The van der Waals surface area contributed by atoms with Crippen LogP contribution in [0.15, 0.2) is 132 Å². The summed E-state index contributed by atoms with van der Waals surface area (Å²) < 4.78 is 6.04. The number of benzene rings is 4. The lowest BCUT2D eigenvalue weighted by Crippen LogP contribution is -1.96. The van der Waals surface area contributed by atoms with E-state index in [1.165, 1.54) is 0 Å². The Kier molecular flexibility index (Phi) is 5.07. The monoisotopic (exact) mass is 475 g/mol. The van der Waals surface area contributed by atoms with Gasteiger partial charge >= 0.3 is 0 Å². The van der Waals surface area contributed by atoms with Crippen LogP contribution in [0.25, 0.3) is 67.0 Å². The maximum Gasteiger partial charge on any atom is 0.160 e. The van der Waals surface area contributed by atoms with Gasteiger partial charge in [0, 0.05) is 39.9 Å². The van der Waals surface area contributed by atoms with Crippen molar-refractivity contribution in [2.45, 2.75) is 0 Å². The molecule has 4 nitrogen and oxygen atoms in total. The third-order valence-corrected chi connectivity index (χ3v) is 6.62. The van der Waals surface area contributed by atoms with Gasteiger partial charge in [-0.25, -0.2) is 9.97 Å². The Labute approximate surface area is 213 Å². The number of para-hydroxylation sites is 1. The Morgan fingerprint density at radius 1 is 0.432 bits per heavy atom. The van der Waals surface area contributed by atoms with E-state index in [0.717, 1.165) is 61.1 Å². The Balaban J connectivity index is 1.37. The third-order valence-electron chi connectivity index (χ3n) is 6.62. The van der Waals surface area contributed by atoms with Crippen molar-refractivity contribution in [3.05, 3.63) is 128 Å². The van der Waals surface area contributed by atoms with Crippen LogP contribution in [0.2, 0.25) is 0 Å². The Morgan fingerprint density at radius 2 is 1.05 bits per heavy atom. The summed E-state index contributed by atoms with van der Waals surface area (Å²) in [5.74, 6) is 0.690. The van der Waals surface area contributed by atoms with Crippen molar-refractivity contribution in [3.8, 4) is 45.0 Å². The van der Waals surface area contributed by atoms with Gasteiger partial charge in [0.25, 0.3) is 0 Å². The topological polar surface area (TPSA) is 51.8 Å². The minimum absolute atomic E-state index is 0.690. The first kappa shape index (κ1) is 21.2. The molecule has 0 aliphatic carbocycles. The quantitative estimate of drug-likeness (QED) is 0.256. The number of nitrogens with zero attached hydrogens (tertiary/aromatic N) is 3. The molecule has 3 heterocycles. The average Bonchev–Trinajstić information content (AvgIpc) is 3.36. The first-order chi connectivity index (χ1) is 18.3. The lowest BCUT2D eigenvalue weighted by atomic mass is 10.0. The van der Waals surface area contributed by atoms with Gasteiger partial charge in [0.05, 0.1) is 11.4 Å². The number of rotatable bonds is 4. The molecule has 0 aliphatic rings. The maximum atomic E-state index is 6.04. The predicted molar refractivity (Wildman–Crippen MR) is 149 cm³/mol. The lowest BCUT2D eigenvalue weighted by molar-refractivity contribution is 0.669. The molecule has 0 spiro atoms. The van der Waals surface area contributed by atoms with Gasteiger partial charge in [0.2, 0.25) is 0 Å². The van der Waals surface area contributed by atoms with Crippen LogP contribution in [0.4, 0.5) is 0 Å². The zero-order valence-electron chi connectivity index (χ0n) is 19.9. The summed E-state index contributed by atoms with van der Waals surface area (Å²) in [6.07, 6.45) is 3.62. The largest absolute Gasteiger partial charge is 0.456 e.